The number of aromatic nitrogens is 2. The van der Waals surface area contributed by atoms with Crippen molar-refractivity contribution in [2.45, 2.75) is 92.9 Å². The van der Waals surface area contributed by atoms with E-state index in [-0.39, 0.29) is 0 Å². The fourth-order valence-electron chi connectivity index (χ4n) is 5.67. The highest BCUT2D eigenvalue weighted by atomic mass is 15.2. The minimum atomic E-state index is 0.419. The van der Waals surface area contributed by atoms with Crippen LogP contribution in [0.25, 0.3) is 22.8 Å². The summed E-state index contributed by atoms with van der Waals surface area (Å²) >= 11 is 0. The Hall–Kier alpha value is -3.13. The quantitative estimate of drug-likeness (QED) is 0.227. The van der Waals surface area contributed by atoms with E-state index in [1.165, 1.54) is 56.4 Å². The second-order valence-corrected chi connectivity index (χ2v) is 11.7. The molecule has 0 aliphatic heterocycles. The van der Waals surface area contributed by atoms with Gasteiger partial charge in [-0.1, -0.05) is 110 Å². The Kier molecular flexibility index (Phi) is 7.78. The summed E-state index contributed by atoms with van der Waals surface area (Å²) in [5.41, 5.74) is 12.1. The summed E-state index contributed by atoms with van der Waals surface area (Å²) in [5.74, 6) is 2.91. The van der Waals surface area contributed by atoms with Gasteiger partial charge in [0.05, 0.1) is 5.56 Å². The number of benzene rings is 3. The fourth-order valence-corrected chi connectivity index (χ4v) is 5.67. The zero-order chi connectivity index (χ0) is 27.0. The van der Waals surface area contributed by atoms with Crippen LogP contribution < -0.4 is 4.57 Å². The summed E-state index contributed by atoms with van der Waals surface area (Å²) in [6.07, 6.45) is 0. The summed E-state index contributed by atoms with van der Waals surface area (Å²) in [4.78, 5) is 0. The van der Waals surface area contributed by atoms with E-state index in [1.807, 2.05) is 0 Å². The van der Waals surface area contributed by atoms with Crippen molar-refractivity contribution in [1.82, 2.24) is 4.57 Å². The highest BCUT2D eigenvalue weighted by Gasteiger charge is 2.35. The molecule has 2 nitrogen and oxygen atoms in total. The van der Waals surface area contributed by atoms with Crippen molar-refractivity contribution >= 4 is 0 Å². The molecule has 0 spiro atoms. The third kappa shape index (κ3) is 4.79. The van der Waals surface area contributed by atoms with E-state index in [2.05, 4.69) is 145 Å². The van der Waals surface area contributed by atoms with Crippen LogP contribution in [0.1, 0.15) is 113 Å². The molecule has 0 saturated carbocycles. The van der Waals surface area contributed by atoms with Gasteiger partial charge in [0.25, 0.3) is 5.82 Å². The van der Waals surface area contributed by atoms with Crippen molar-refractivity contribution in [3.63, 3.8) is 0 Å². The van der Waals surface area contributed by atoms with Crippen LogP contribution in [-0.2, 0) is 0 Å². The molecular weight excluding hydrogens is 448 g/mol. The number of imidazole rings is 1. The smallest absolute Gasteiger partial charge is 0.192 e. The van der Waals surface area contributed by atoms with Crippen molar-refractivity contribution in [3.05, 3.63) is 100 Å². The molecular formula is C35H45N2+. The minimum Gasteiger partial charge on any atom is -0.192 e. The predicted octanol–water partition coefficient (Wildman–Crippen LogP) is 9.53. The van der Waals surface area contributed by atoms with Gasteiger partial charge >= 0.3 is 0 Å². The Morgan fingerprint density at radius 1 is 0.541 bits per heavy atom. The summed E-state index contributed by atoms with van der Waals surface area (Å²) in [6.45, 7) is 23.1. The molecule has 37 heavy (non-hydrogen) atoms. The number of nitrogens with zero attached hydrogens (tertiary/aromatic N) is 2. The van der Waals surface area contributed by atoms with Crippen LogP contribution >= 0.6 is 0 Å². The normalized spacial score (nSPS) is 11.9. The Labute approximate surface area is 225 Å². The molecule has 0 radical (unpaired) electrons. The number of para-hydroxylation sites is 2. The van der Waals surface area contributed by atoms with Gasteiger partial charge in [0, 0.05) is 36.1 Å². The van der Waals surface area contributed by atoms with Gasteiger partial charge in [-0.05, 0) is 35.8 Å². The van der Waals surface area contributed by atoms with Crippen LogP contribution in [0.5, 0.6) is 0 Å². The van der Waals surface area contributed by atoms with Gasteiger partial charge in [0.15, 0.2) is 0 Å². The van der Waals surface area contributed by atoms with E-state index in [4.69, 9.17) is 0 Å². The lowest BCUT2D eigenvalue weighted by molar-refractivity contribution is -0.591. The summed E-state index contributed by atoms with van der Waals surface area (Å²) in [5, 5.41) is 0. The van der Waals surface area contributed by atoms with Crippen LogP contribution in [0.15, 0.2) is 66.7 Å². The van der Waals surface area contributed by atoms with E-state index in [9.17, 15) is 0 Å². The Morgan fingerprint density at radius 2 is 0.973 bits per heavy atom. The van der Waals surface area contributed by atoms with Gasteiger partial charge in [-0.25, -0.2) is 0 Å². The maximum absolute atomic E-state index is 2.57. The van der Waals surface area contributed by atoms with Crippen molar-refractivity contribution in [1.29, 1.82) is 0 Å². The number of hydrogen-bond acceptors (Lipinski definition) is 0. The molecule has 1 heterocycles. The van der Waals surface area contributed by atoms with Crippen LogP contribution in [-0.4, -0.2) is 4.57 Å². The largest absolute Gasteiger partial charge is 0.299 e. The Morgan fingerprint density at radius 3 is 1.41 bits per heavy atom. The molecule has 0 bridgehead atoms. The van der Waals surface area contributed by atoms with E-state index in [1.54, 1.807) is 0 Å². The molecule has 0 amide bonds. The monoisotopic (exact) mass is 493 g/mol. The molecule has 0 saturated heterocycles. The highest BCUT2D eigenvalue weighted by molar-refractivity contribution is 5.63. The first-order valence-corrected chi connectivity index (χ1v) is 14.0. The average molecular weight is 494 g/mol. The van der Waals surface area contributed by atoms with Crippen molar-refractivity contribution in [3.8, 4) is 22.8 Å². The molecule has 0 unspecified atom stereocenters. The lowest BCUT2D eigenvalue weighted by Gasteiger charge is -2.20. The van der Waals surface area contributed by atoms with Crippen molar-refractivity contribution in [2.24, 2.45) is 0 Å². The minimum absolute atomic E-state index is 0.419. The topological polar surface area (TPSA) is 8.81 Å². The van der Waals surface area contributed by atoms with Gasteiger partial charge in [-0.2, -0.15) is 9.13 Å². The number of hydrogen-bond donors (Lipinski definition) is 0. The molecule has 3 aromatic carbocycles. The highest BCUT2D eigenvalue weighted by Crippen LogP contribution is 2.37. The summed E-state index contributed by atoms with van der Waals surface area (Å²) in [7, 11) is 0. The summed E-state index contributed by atoms with van der Waals surface area (Å²) < 4.78 is 5.13. The molecule has 4 aromatic rings. The Balaban J connectivity index is 2.27. The molecule has 194 valence electrons. The molecule has 2 heteroatoms. The standard InChI is InChI=1S/C35H45N2/c1-22(2)29-18-14-19-30(23(3)4)33(29)36-26(9)27(10)37(35(36)28-16-12-11-13-17-28)34-31(24(5)6)20-15-21-32(34)25(7)8/h11-25H,1-10H3/q+1. The third-order valence-electron chi connectivity index (χ3n) is 7.78. The van der Waals surface area contributed by atoms with Crippen LogP contribution in [0.2, 0.25) is 0 Å². The maximum Gasteiger partial charge on any atom is 0.299 e. The van der Waals surface area contributed by atoms with Gasteiger partial charge < -0.3 is 0 Å². The maximum atomic E-state index is 2.57. The van der Waals surface area contributed by atoms with E-state index in [0.717, 1.165) is 0 Å². The summed E-state index contributed by atoms with van der Waals surface area (Å²) in [6, 6.07) is 24.7. The second-order valence-electron chi connectivity index (χ2n) is 11.7. The second kappa shape index (κ2) is 10.7. The lowest BCUT2D eigenvalue weighted by Crippen LogP contribution is -2.38. The van der Waals surface area contributed by atoms with Gasteiger partial charge in [0.1, 0.15) is 22.8 Å². The molecule has 0 aliphatic rings. The lowest BCUT2D eigenvalue weighted by atomic mass is 9.92. The van der Waals surface area contributed by atoms with Crippen LogP contribution in [0.4, 0.5) is 0 Å². The number of rotatable bonds is 7. The SMILES string of the molecule is Cc1c(C)[n+](-c2c(C(C)C)cccc2C(C)C)c(-c2ccccc2)n1-c1c(C(C)C)cccc1C(C)C. The zero-order valence-electron chi connectivity index (χ0n) is 24.6. The third-order valence-corrected chi connectivity index (χ3v) is 7.78. The first-order valence-electron chi connectivity index (χ1n) is 14.0. The molecule has 0 aliphatic carbocycles. The van der Waals surface area contributed by atoms with E-state index < -0.39 is 0 Å². The van der Waals surface area contributed by atoms with E-state index >= 15 is 0 Å². The average Bonchev–Trinajstić information content (AvgIpc) is 3.13. The van der Waals surface area contributed by atoms with Crippen LogP contribution in [0, 0.1) is 13.8 Å². The van der Waals surface area contributed by atoms with E-state index in [0.29, 0.717) is 23.7 Å². The van der Waals surface area contributed by atoms with Gasteiger partial charge in [-0.15, -0.1) is 0 Å². The Bertz CT molecular complexity index is 1250. The molecule has 0 fully saturated rings. The first kappa shape index (κ1) is 26.9. The first-order chi connectivity index (χ1) is 17.6. The molecule has 4 rings (SSSR count). The zero-order valence-corrected chi connectivity index (χ0v) is 24.6. The van der Waals surface area contributed by atoms with Crippen LogP contribution in [0.3, 0.4) is 0 Å². The predicted molar refractivity (Wildman–Crippen MR) is 159 cm³/mol. The molecule has 0 atom stereocenters. The van der Waals surface area contributed by atoms with Crippen molar-refractivity contribution in [2.75, 3.05) is 0 Å². The fraction of sp³-hybridized carbons (Fsp3) is 0.400. The van der Waals surface area contributed by atoms with Gasteiger partial charge in [0.2, 0.25) is 0 Å². The van der Waals surface area contributed by atoms with Crippen molar-refractivity contribution < 1.29 is 4.57 Å². The van der Waals surface area contributed by atoms with Gasteiger partial charge in [-0.3, -0.25) is 0 Å². The molecule has 0 N–H and O–H groups in total. The molecule has 1 aromatic heterocycles.